The monoisotopic (exact) mass is 392 g/mol. The molecule has 0 fully saturated rings. The highest BCUT2D eigenvalue weighted by atomic mass is 35.5. The number of nitrogens with one attached hydrogen (secondary N) is 1. The van der Waals surface area contributed by atoms with Crippen molar-refractivity contribution in [3.63, 3.8) is 0 Å². The molecule has 7 heteroatoms. The Morgan fingerprint density at radius 2 is 1.88 bits per heavy atom. The summed E-state index contributed by atoms with van der Waals surface area (Å²) in [6.45, 7) is 4.98. The fraction of sp³-hybridized carbons (Fsp3) is 0.263. The summed E-state index contributed by atoms with van der Waals surface area (Å²) in [6, 6.07) is 11.1. The van der Waals surface area contributed by atoms with E-state index in [4.69, 9.17) is 27.9 Å². The van der Waals surface area contributed by atoms with Crippen molar-refractivity contribution in [1.29, 1.82) is 0 Å². The molecule has 2 amide bonds. The highest BCUT2D eigenvalue weighted by Gasteiger charge is 2.44. The van der Waals surface area contributed by atoms with E-state index in [0.29, 0.717) is 27.2 Å². The molecule has 136 valence electrons. The molecule has 0 saturated carbocycles. The molecule has 2 aromatic rings. The lowest BCUT2D eigenvalue weighted by Gasteiger charge is -2.41. The van der Waals surface area contributed by atoms with E-state index in [0.717, 1.165) is 0 Å². The van der Waals surface area contributed by atoms with Crippen LogP contribution in [0.2, 0.25) is 10.0 Å². The van der Waals surface area contributed by atoms with Crippen LogP contribution >= 0.6 is 23.2 Å². The minimum atomic E-state index is -1.10. The van der Waals surface area contributed by atoms with Crippen molar-refractivity contribution in [3.8, 4) is 5.75 Å². The first-order chi connectivity index (χ1) is 12.2. The van der Waals surface area contributed by atoms with Crippen LogP contribution in [-0.4, -0.2) is 23.5 Å². The van der Waals surface area contributed by atoms with E-state index >= 15 is 0 Å². The number of carbonyl (C=O) groups excluding carboxylic acids is 2. The van der Waals surface area contributed by atoms with Crippen molar-refractivity contribution in [2.24, 2.45) is 0 Å². The Bertz CT molecular complexity index is 883. The third-order valence-corrected chi connectivity index (χ3v) is 4.74. The summed E-state index contributed by atoms with van der Waals surface area (Å²) >= 11 is 12.2. The Labute approximate surface area is 161 Å². The van der Waals surface area contributed by atoms with Gasteiger partial charge in [-0.3, -0.25) is 14.5 Å². The van der Waals surface area contributed by atoms with Crippen molar-refractivity contribution >= 4 is 46.4 Å². The summed E-state index contributed by atoms with van der Waals surface area (Å²) in [7, 11) is 0. The van der Waals surface area contributed by atoms with Gasteiger partial charge in [0.05, 0.1) is 16.4 Å². The summed E-state index contributed by atoms with van der Waals surface area (Å²) in [4.78, 5) is 27.1. The van der Waals surface area contributed by atoms with Crippen molar-refractivity contribution in [1.82, 2.24) is 0 Å². The maximum atomic E-state index is 12.9. The molecule has 1 N–H and O–H groups in total. The first-order valence-electron chi connectivity index (χ1n) is 8.08. The Kier molecular flexibility index (Phi) is 4.86. The molecule has 1 atom stereocenters. The number of rotatable bonds is 3. The van der Waals surface area contributed by atoms with Gasteiger partial charge in [0.15, 0.2) is 5.60 Å². The first-order valence-corrected chi connectivity index (χ1v) is 8.84. The van der Waals surface area contributed by atoms with Gasteiger partial charge in [0, 0.05) is 5.02 Å². The predicted molar refractivity (Wildman–Crippen MR) is 103 cm³/mol. The van der Waals surface area contributed by atoms with Crippen LogP contribution in [0.15, 0.2) is 42.5 Å². The molecule has 0 radical (unpaired) electrons. The average molecular weight is 393 g/mol. The van der Waals surface area contributed by atoms with E-state index < -0.39 is 11.6 Å². The van der Waals surface area contributed by atoms with Crippen LogP contribution in [0.25, 0.3) is 0 Å². The van der Waals surface area contributed by atoms with Crippen LogP contribution in [0.4, 0.5) is 11.4 Å². The number of benzene rings is 2. The number of para-hydroxylation sites is 1. The number of fused-ring (bicyclic) bond motifs is 1. The number of anilines is 2. The van der Waals surface area contributed by atoms with Gasteiger partial charge in [-0.15, -0.1) is 0 Å². The molecule has 3 rings (SSSR count). The Morgan fingerprint density at radius 1 is 1.19 bits per heavy atom. The van der Waals surface area contributed by atoms with Crippen molar-refractivity contribution < 1.29 is 14.3 Å². The molecule has 0 aromatic heterocycles. The zero-order valence-corrected chi connectivity index (χ0v) is 16.1. The maximum Gasteiger partial charge on any atom is 0.271 e. The van der Waals surface area contributed by atoms with E-state index in [1.54, 1.807) is 63.2 Å². The third-order valence-electron chi connectivity index (χ3n) is 4.18. The minimum absolute atomic E-state index is 0.325. The standard InChI is InChI=1S/C19H18Cl2N2O3/c1-11(17(24)22-14-7-5-4-6-13(14)21)23-15-10-12(20)8-9-16(15)26-19(2,3)18(23)25/h4-11H,1-3H3,(H,22,24). The Balaban J connectivity index is 1.96. The number of amides is 2. The lowest BCUT2D eigenvalue weighted by Crippen LogP contribution is -2.57. The quantitative estimate of drug-likeness (QED) is 0.834. The lowest BCUT2D eigenvalue weighted by atomic mass is 10.0. The lowest BCUT2D eigenvalue weighted by molar-refractivity contribution is -0.134. The second kappa shape index (κ2) is 6.82. The third kappa shape index (κ3) is 3.37. The van der Waals surface area contributed by atoms with Gasteiger partial charge >= 0.3 is 0 Å². The van der Waals surface area contributed by atoms with Crippen molar-refractivity contribution in [3.05, 3.63) is 52.5 Å². The summed E-state index contributed by atoms with van der Waals surface area (Å²) in [6.07, 6.45) is 0. The molecule has 26 heavy (non-hydrogen) atoms. The molecule has 1 unspecified atom stereocenters. The van der Waals surface area contributed by atoms with Gasteiger partial charge in [0.2, 0.25) is 5.91 Å². The summed E-state index contributed by atoms with van der Waals surface area (Å²) in [5.74, 6) is -0.194. The van der Waals surface area contributed by atoms with Gasteiger partial charge in [-0.05, 0) is 51.1 Å². The molecule has 2 aromatic carbocycles. The summed E-state index contributed by atoms with van der Waals surface area (Å²) in [5.41, 5.74) is -0.152. The van der Waals surface area contributed by atoms with Crippen LogP contribution < -0.4 is 15.0 Å². The average Bonchev–Trinajstić information content (AvgIpc) is 2.58. The molecular formula is C19H18Cl2N2O3. The SMILES string of the molecule is CC(C(=O)Nc1ccccc1Cl)N1C(=O)C(C)(C)Oc2ccc(Cl)cc21. The number of ether oxygens (including phenoxy) is 1. The molecular weight excluding hydrogens is 375 g/mol. The Morgan fingerprint density at radius 3 is 2.58 bits per heavy atom. The largest absolute Gasteiger partial charge is 0.476 e. The van der Waals surface area contributed by atoms with Gasteiger partial charge < -0.3 is 10.1 Å². The molecule has 0 saturated heterocycles. The fourth-order valence-electron chi connectivity index (χ4n) is 2.78. The van der Waals surface area contributed by atoms with Gasteiger partial charge in [0.25, 0.3) is 5.91 Å². The first kappa shape index (κ1) is 18.5. The molecule has 1 aliphatic heterocycles. The zero-order chi connectivity index (χ0) is 19.1. The van der Waals surface area contributed by atoms with E-state index in [1.165, 1.54) is 4.90 Å². The van der Waals surface area contributed by atoms with E-state index in [1.807, 2.05) is 0 Å². The smallest absolute Gasteiger partial charge is 0.271 e. The number of nitrogens with zero attached hydrogens (tertiary/aromatic N) is 1. The molecule has 0 aliphatic carbocycles. The molecule has 1 heterocycles. The number of halogens is 2. The van der Waals surface area contributed by atoms with Crippen LogP contribution in [0.5, 0.6) is 5.75 Å². The van der Waals surface area contributed by atoms with Crippen LogP contribution in [0, 0.1) is 0 Å². The molecule has 1 aliphatic rings. The summed E-state index contributed by atoms with van der Waals surface area (Å²) < 4.78 is 5.78. The van der Waals surface area contributed by atoms with E-state index in [9.17, 15) is 9.59 Å². The topological polar surface area (TPSA) is 58.6 Å². The van der Waals surface area contributed by atoms with Crippen molar-refractivity contribution in [2.75, 3.05) is 10.2 Å². The maximum absolute atomic E-state index is 12.9. The van der Waals surface area contributed by atoms with E-state index in [2.05, 4.69) is 5.32 Å². The van der Waals surface area contributed by atoms with Crippen molar-refractivity contribution in [2.45, 2.75) is 32.4 Å². The normalized spacial score (nSPS) is 16.5. The number of carbonyl (C=O) groups is 2. The number of hydrogen-bond acceptors (Lipinski definition) is 3. The molecule has 5 nitrogen and oxygen atoms in total. The highest BCUT2D eigenvalue weighted by molar-refractivity contribution is 6.33. The molecule has 0 bridgehead atoms. The second-order valence-electron chi connectivity index (χ2n) is 6.54. The number of hydrogen-bond donors (Lipinski definition) is 1. The predicted octanol–water partition coefficient (Wildman–Crippen LogP) is 4.52. The van der Waals surface area contributed by atoms with Gasteiger partial charge in [-0.2, -0.15) is 0 Å². The summed E-state index contributed by atoms with van der Waals surface area (Å²) in [5, 5.41) is 3.63. The minimum Gasteiger partial charge on any atom is -0.476 e. The van der Waals surface area contributed by atoms with Gasteiger partial charge in [0.1, 0.15) is 11.8 Å². The second-order valence-corrected chi connectivity index (χ2v) is 7.39. The van der Waals surface area contributed by atoms with Crippen LogP contribution in [0.3, 0.4) is 0 Å². The molecule has 0 spiro atoms. The van der Waals surface area contributed by atoms with Crippen LogP contribution in [0.1, 0.15) is 20.8 Å². The van der Waals surface area contributed by atoms with Gasteiger partial charge in [-0.1, -0.05) is 35.3 Å². The van der Waals surface area contributed by atoms with Gasteiger partial charge in [-0.25, -0.2) is 0 Å². The zero-order valence-electron chi connectivity index (χ0n) is 14.5. The fourth-order valence-corrected chi connectivity index (χ4v) is 3.13. The Hall–Kier alpha value is -2.24. The van der Waals surface area contributed by atoms with E-state index in [-0.39, 0.29) is 11.8 Å². The highest BCUT2D eigenvalue weighted by Crippen LogP contribution is 2.40. The van der Waals surface area contributed by atoms with Crippen LogP contribution in [-0.2, 0) is 9.59 Å².